The molecule has 0 bridgehead atoms. The van der Waals surface area contributed by atoms with E-state index in [0.717, 1.165) is 12.3 Å². The van der Waals surface area contributed by atoms with Crippen molar-refractivity contribution in [1.29, 1.82) is 0 Å². The molecule has 2 rings (SSSR count). The quantitative estimate of drug-likeness (QED) is 0.741. The van der Waals surface area contributed by atoms with Crippen molar-refractivity contribution >= 4 is 5.90 Å². The normalized spacial score (nSPS) is 18.5. The summed E-state index contributed by atoms with van der Waals surface area (Å²) < 4.78 is 5.81. The topological polar surface area (TPSA) is 21.6 Å². The Hall–Kier alpha value is -1.31. The van der Waals surface area contributed by atoms with E-state index in [4.69, 9.17) is 9.73 Å². The van der Waals surface area contributed by atoms with Crippen molar-refractivity contribution in [2.45, 2.75) is 58.9 Å². The number of unbranched alkanes of at least 4 members (excludes halogenated alkanes) is 1. The highest BCUT2D eigenvalue weighted by atomic mass is 16.5. The van der Waals surface area contributed by atoms with E-state index < -0.39 is 0 Å². The first-order chi connectivity index (χ1) is 9.52. The van der Waals surface area contributed by atoms with Gasteiger partial charge in [-0.3, -0.25) is 0 Å². The number of hydrogen-bond acceptors (Lipinski definition) is 2. The minimum absolute atomic E-state index is 0.0870. The van der Waals surface area contributed by atoms with Crippen LogP contribution in [0.2, 0.25) is 0 Å². The number of benzene rings is 1. The molecule has 0 N–H and O–H groups in total. The molecule has 1 aliphatic heterocycles. The minimum Gasteiger partial charge on any atom is -0.475 e. The molecule has 1 atom stereocenters. The van der Waals surface area contributed by atoms with E-state index in [-0.39, 0.29) is 5.54 Å². The summed E-state index contributed by atoms with van der Waals surface area (Å²) in [7, 11) is 0. The lowest BCUT2D eigenvalue weighted by atomic mass is 9.93. The molecule has 1 aliphatic rings. The van der Waals surface area contributed by atoms with E-state index in [1.54, 1.807) is 0 Å². The molecule has 0 amide bonds. The highest BCUT2D eigenvalue weighted by Gasteiger charge is 2.28. The predicted octanol–water partition coefficient (Wildman–Crippen LogP) is 4.61. The Morgan fingerprint density at radius 3 is 2.70 bits per heavy atom. The zero-order valence-electron chi connectivity index (χ0n) is 13.3. The van der Waals surface area contributed by atoms with Crippen LogP contribution in [-0.2, 0) is 11.2 Å². The van der Waals surface area contributed by atoms with Gasteiger partial charge in [-0.25, -0.2) is 4.99 Å². The summed E-state index contributed by atoms with van der Waals surface area (Å²) in [5.41, 5.74) is 2.46. The van der Waals surface area contributed by atoms with Crippen molar-refractivity contribution < 1.29 is 4.74 Å². The largest absolute Gasteiger partial charge is 0.475 e. The molecule has 1 aromatic carbocycles. The fourth-order valence-electron chi connectivity index (χ4n) is 2.66. The summed E-state index contributed by atoms with van der Waals surface area (Å²) in [4.78, 5) is 4.72. The maximum absolute atomic E-state index is 5.81. The summed E-state index contributed by atoms with van der Waals surface area (Å²) in [6, 6.07) is 8.55. The van der Waals surface area contributed by atoms with Crippen LogP contribution in [0, 0.1) is 5.92 Å². The maximum atomic E-state index is 5.81. The molecule has 0 fully saturated rings. The summed E-state index contributed by atoms with van der Waals surface area (Å²) in [6.07, 6.45) is 4.99. The summed E-state index contributed by atoms with van der Waals surface area (Å²) in [6.45, 7) is 9.51. The molecule has 0 spiro atoms. The van der Waals surface area contributed by atoms with Gasteiger partial charge in [-0.15, -0.1) is 0 Å². The van der Waals surface area contributed by atoms with Gasteiger partial charge in [0.1, 0.15) is 6.61 Å². The number of aliphatic imine (C=N–C) groups is 1. The highest BCUT2D eigenvalue weighted by molar-refractivity contribution is 5.96. The third-order valence-corrected chi connectivity index (χ3v) is 3.83. The van der Waals surface area contributed by atoms with Crippen molar-refractivity contribution in [1.82, 2.24) is 0 Å². The average Bonchev–Trinajstić information content (AvgIpc) is 2.77. The minimum atomic E-state index is -0.0870. The second-order valence-electron chi connectivity index (χ2n) is 6.63. The van der Waals surface area contributed by atoms with Crippen LogP contribution in [0.15, 0.2) is 29.3 Å². The molecule has 0 saturated heterocycles. The molecule has 0 aromatic heterocycles. The maximum Gasteiger partial charge on any atom is 0.217 e. The van der Waals surface area contributed by atoms with Crippen LogP contribution in [0.1, 0.15) is 58.1 Å². The molecule has 0 radical (unpaired) electrons. The van der Waals surface area contributed by atoms with Gasteiger partial charge in [0.2, 0.25) is 5.90 Å². The van der Waals surface area contributed by atoms with E-state index in [1.807, 2.05) is 0 Å². The third-order valence-electron chi connectivity index (χ3n) is 3.83. The van der Waals surface area contributed by atoms with Crippen LogP contribution in [0.4, 0.5) is 0 Å². The Labute approximate surface area is 123 Å². The zero-order valence-corrected chi connectivity index (χ0v) is 13.3. The predicted molar refractivity (Wildman–Crippen MR) is 85.4 cm³/mol. The number of nitrogens with zero attached hydrogens (tertiary/aromatic N) is 1. The smallest absolute Gasteiger partial charge is 0.217 e. The van der Waals surface area contributed by atoms with Crippen molar-refractivity contribution in [3.63, 3.8) is 0 Å². The lowest BCUT2D eigenvalue weighted by molar-refractivity contribution is 0.279. The summed E-state index contributed by atoms with van der Waals surface area (Å²) >= 11 is 0. The van der Waals surface area contributed by atoms with Crippen molar-refractivity contribution in [3.05, 3.63) is 35.4 Å². The first kappa shape index (κ1) is 15.1. The van der Waals surface area contributed by atoms with Gasteiger partial charge in [0.25, 0.3) is 0 Å². The van der Waals surface area contributed by atoms with Gasteiger partial charge >= 0.3 is 0 Å². The van der Waals surface area contributed by atoms with Crippen LogP contribution in [-0.4, -0.2) is 18.0 Å². The molecular weight excluding hydrogens is 246 g/mol. The Kier molecular flexibility index (Phi) is 4.85. The molecular formula is C18H27NO. The van der Waals surface area contributed by atoms with Gasteiger partial charge in [0.05, 0.1) is 5.54 Å². The molecule has 0 unspecified atom stereocenters. The van der Waals surface area contributed by atoms with Gasteiger partial charge in [-0.2, -0.15) is 0 Å². The monoisotopic (exact) mass is 273 g/mol. The Bertz CT molecular complexity index is 476. The summed E-state index contributed by atoms with van der Waals surface area (Å²) in [5.74, 6) is 1.54. The van der Waals surface area contributed by atoms with Crippen molar-refractivity contribution in [3.8, 4) is 0 Å². The van der Waals surface area contributed by atoms with Gasteiger partial charge in [-0.05, 0) is 37.8 Å². The first-order valence-electron chi connectivity index (χ1n) is 7.83. The van der Waals surface area contributed by atoms with Crippen LogP contribution < -0.4 is 0 Å². The Morgan fingerprint density at radius 2 is 2.05 bits per heavy atom. The molecule has 110 valence electrons. The second kappa shape index (κ2) is 6.43. The molecule has 20 heavy (non-hydrogen) atoms. The van der Waals surface area contributed by atoms with Crippen molar-refractivity contribution in [2.24, 2.45) is 10.9 Å². The second-order valence-corrected chi connectivity index (χ2v) is 6.63. The standard InChI is InChI=1S/C18H27NO/c1-5-6-9-14(2)12-15-10-7-8-11-16(15)17-19-18(3,4)13-20-17/h7-8,10-11,14H,5-6,9,12-13H2,1-4H3/t14-/m0/s1. The van der Waals surface area contributed by atoms with E-state index in [0.29, 0.717) is 12.5 Å². The van der Waals surface area contributed by atoms with E-state index in [9.17, 15) is 0 Å². The van der Waals surface area contributed by atoms with Crippen LogP contribution >= 0.6 is 0 Å². The molecule has 2 heteroatoms. The molecule has 1 aromatic rings. The molecule has 0 aliphatic carbocycles. The van der Waals surface area contributed by atoms with Crippen LogP contribution in [0.3, 0.4) is 0 Å². The molecule has 2 nitrogen and oxygen atoms in total. The first-order valence-corrected chi connectivity index (χ1v) is 7.83. The molecule has 1 heterocycles. The number of hydrogen-bond donors (Lipinski definition) is 0. The lowest BCUT2D eigenvalue weighted by Crippen LogP contribution is -2.17. The fraction of sp³-hybridized carbons (Fsp3) is 0.611. The highest BCUT2D eigenvalue weighted by Crippen LogP contribution is 2.24. The van der Waals surface area contributed by atoms with E-state index in [1.165, 1.54) is 30.4 Å². The van der Waals surface area contributed by atoms with E-state index in [2.05, 4.69) is 52.0 Å². The average molecular weight is 273 g/mol. The third kappa shape index (κ3) is 3.84. The Morgan fingerprint density at radius 1 is 1.30 bits per heavy atom. The van der Waals surface area contributed by atoms with E-state index >= 15 is 0 Å². The van der Waals surface area contributed by atoms with Gasteiger partial charge in [-0.1, -0.05) is 51.3 Å². The zero-order chi connectivity index (χ0) is 14.6. The van der Waals surface area contributed by atoms with Gasteiger partial charge in [0, 0.05) is 5.56 Å². The SMILES string of the molecule is CCCC[C@H](C)Cc1ccccc1C1=NC(C)(C)CO1. The van der Waals surface area contributed by atoms with Crippen LogP contribution in [0.25, 0.3) is 0 Å². The Balaban J connectivity index is 2.15. The van der Waals surface area contributed by atoms with Crippen molar-refractivity contribution in [2.75, 3.05) is 6.61 Å². The fourth-order valence-corrected chi connectivity index (χ4v) is 2.66. The van der Waals surface area contributed by atoms with Gasteiger partial charge in [0.15, 0.2) is 0 Å². The summed E-state index contributed by atoms with van der Waals surface area (Å²) in [5, 5.41) is 0. The molecule has 0 saturated carbocycles. The van der Waals surface area contributed by atoms with Crippen LogP contribution in [0.5, 0.6) is 0 Å². The lowest BCUT2D eigenvalue weighted by Gasteiger charge is -2.14. The number of ether oxygens (including phenoxy) is 1. The van der Waals surface area contributed by atoms with Gasteiger partial charge < -0.3 is 4.74 Å². The number of rotatable bonds is 6.